The maximum Gasteiger partial charge on any atom is 0.0457 e. The van der Waals surface area contributed by atoms with Gasteiger partial charge in [0.15, 0.2) is 0 Å². The molecule has 1 aromatic heterocycles. The maximum atomic E-state index is 3.74. The van der Waals surface area contributed by atoms with Gasteiger partial charge in [-0.3, -0.25) is 0 Å². The summed E-state index contributed by atoms with van der Waals surface area (Å²) in [7, 11) is 0. The molecule has 0 aliphatic heterocycles. The minimum Gasteiger partial charge on any atom is -0.361 e. The Balaban J connectivity index is 1.69. The molecule has 0 radical (unpaired) electrons. The number of hydrogen-bond acceptors (Lipinski definition) is 2. The van der Waals surface area contributed by atoms with E-state index in [0.717, 1.165) is 11.8 Å². The minimum atomic E-state index is 0.689. The molecule has 1 fully saturated rings. The number of fused-ring (bicyclic) bond motifs is 1. The first kappa shape index (κ1) is 12.1. The van der Waals surface area contributed by atoms with Crippen molar-refractivity contribution in [3.8, 4) is 0 Å². The third-order valence-corrected chi connectivity index (χ3v) is 5.15. The molecule has 3 rings (SSSR count). The van der Waals surface area contributed by atoms with E-state index in [1.165, 1.54) is 35.7 Å². The van der Waals surface area contributed by atoms with Crippen LogP contribution in [0.2, 0.25) is 0 Å². The summed E-state index contributed by atoms with van der Waals surface area (Å²) in [5.41, 5.74) is 2.62. The van der Waals surface area contributed by atoms with Crippen molar-refractivity contribution >= 4 is 22.7 Å². The van der Waals surface area contributed by atoms with Crippen molar-refractivity contribution in [3.05, 3.63) is 36.0 Å². The molecule has 1 saturated carbocycles. The third-order valence-electron chi connectivity index (χ3n) is 3.98. The SMILES string of the molecule is CSC1CCCC1NCc1c[nH]c2ccccc12. The summed E-state index contributed by atoms with van der Waals surface area (Å²) < 4.78 is 0. The zero-order chi connectivity index (χ0) is 12.4. The zero-order valence-electron chi connectivity index (χ0n) is 10.8. The number of para-hydroxylation sites is 1. The van der Waals surface area contributed by atoms with E-state index >= 15 is 0 Å². The predicted octanol–water partition coefficient (Wildman–Crippen LogP) is 3.54. The van der Waals surface area contributed by atoms with Crippen LogP contribution in [0, 0.1) is 0 Å². The van der Waals surface area contributed by atoms with Gasteiger partial charge >= 0.3 is 0 Å². The van der Waals surface area contributed by atoms with Crippen LogP contribution in [0.15, 0.2) is 30.5 Å². The average Bonchev–Trinajstić information content (AvgIpc) is 3.02. The third kappa shape index (κ3) is 2.29. The average molecular weight is 260 g/mol. The second-order valence-corrected chi connectivity index (χ2v) is 6.13. The Morgan fingerprint density at radius 3 is 3.11 bits per heavy atom. The Morgan fingerprint density at radius 1 is 1.33 bits per heavy atom. The van der Waals surface area contributed by atoms with Crippen molar-refractivity contribution in [3.63, 3.8) is 0 Å². The summed E-state index contributed by atoms with van der Waals surface area (Å²) >= 11 is 2.01. The molecule has 0 amide bonds. The van der Waals surface area contributed by atoms with Crippen LogP contribution in [0.5, 0.6) is 0 Å². The number of H-pyrrole nitrogens is 1. The Kier molecular flexibility index (Phi) is 3.62. The highest BCUT2D eigenvalue weighted by Crippen LogP contribution is 2.29. The Labute approximate surface area is 113 Å². The van der Waals surface area contributed by atoms with Crippen molar-refractivity contribution in [2.45, 2.75) is 37.1 Å². The standard InChI is InChI=1S/C15H20N2S/c1-18-15-8-4-7-14(15)17-10-11-9-16-13-6-3-2-5-12(11)13/h2-3,5-6,9,14-17H,4,7-8,10H2,1H3. The molecule has 96 valence electrons. The fourth-order valence-electron chi connectivity index (χ4n) is 2.96. The number of nitrogens with one attached hydrogen (secondary N) is 2. The van der Waals surface area contributed by atoms with Crippen LogP contribution in [0.1, 0.15) is 24.8 Å². The fourth-order valence-corrected chi connectivity index (χ4v) is 3.92. The van der Waals surface area contributed by atoms with Crippen LogP contribution < -0.4 is 5.32 Å². The van der Waals surface area contributed by atoms with Gasteiger partial charge in [-0.25, -0.2) is 0 Å². The predicted molar refractivity (Wildman–Crippen MR) is 80.1 cm³/mol. The van der Waals surface area contributed by atoms with E-state index in [9.17, 15) is 0 Å². The molecule has 1 aromatic carbocycles. The highest BCUT2D eigenvalue weighted by Gasteiger charge is 2.25. The van der Waals surface area contributed by atoms with Crippen molar-refractivity contribution < 1.29 is 0 Å². The van der Waals surface area contributed by atoms with Crippen molar-refractivity contribution in [2.75, 3.05) is 6.26 Å². The Morgan fingerprint density at radius 2 is 2.22 bits per heavy atom. The van der Waals surface area contributed by atoms with E-state index in [4.69, 9.17) is 0 Å². The van der Waals surface area contributed by atoms with E-state index in [1.807, 2.05) is 11.8 Å². The molecule has 18 heavy (non-hydrogen) atoms. The van der Waals surface area contributed by atoms with Gasteiger partial charge in [0.2, 0.25) is 0 Å². The normalized spacial score (nSPS) is 23.8. The van der Waals surface area contributed by atoms with Gasteiger partial charge < -0.3 is 10.3 Å². The van der Waals surface area contributed by atoms with Crippen LogP contribution >= 0.6 is 11.8 Å². The summed E-state index contributed by atoms with van der Waals surface area (Å²) in [6.45, 7) is 0.978. The molecule has 1 aliphatic carbocycles. The zero-order valence-corrected chi connectivity index (χ0v) is 11.6. The van der Waals surface area contributed by atoms with Gasteiger partial charge in [-0.15, -0.1) is 0 Å². The molecule has 3 heteroatoms. The van der Waals surface area contributed by atoms with Crippen LogP contribution in [0.25, 0.3) is 10.9 Å². The number of hydrogen-bond donors (Lipinski definition) is 2. The Hall–Kier alpha value is -0.930. The van der Waals surface area contributed by atoms with Gasteiger partial charge in [0.05, 0.1) is 0 Å². The van der Waals surface area contributed by atoms with Crippen LogP contribution in [0.4, 0.5) is 0 Å². The van der Waals surface area contributed by atoms with Crippen LogP contribution in [-0.2, 0) is 6.54 Å². The molecule has 0 bridgehead atoms. The minimum absolute atomic E-state index is 0.689. The first-order valence-electron chi connectivity index (χ1n) is 6.69. The van der Waals surface area contributed by atoms with Crippen LogP contribution in [-0.4, -0.2) is 22.5 Å². The van der Waals surface area contributed by atoms with E-state index in [2.05, 4.69) is 47.0 Å². The van der Waals surface area contributed by atoms with E-state index < -0.39 is 0 Å². The molecule has 0 saturated heterocycles. The Bertz CT molecular complexity index is 520. The lowest BCUT2D eigenvalue weighted by atomic mass is 10.1. The molecule has 2 N–H and O–H groups in total. The van der Waals surface area contributed by atoms with Gasteiger partial charge in [0.1, 0.15) is 0 Å². The maximum absolute atomic E-state index is 3.74. The highest BCUT2D eigenvalue weighted by atomic mass is 32.2. The molecule has 1 aliphatic rings. The highest BCUT2D eigenvalue weighted by molar-refractivity contribution is 7.99. The fraction of sp³-hybridized carbons (Fsp3) is 0.467. The van der Waals surface area contributed by atoms with Crippen molar-refractivity contribution in [1.29, 1.82) is 0 Å². The molecule has 2 nitrogen and oxygen atoms in total. The summed E-state index contributed by atoms with van der Waals surface area (Å²) in [6, 6.07) is 9.22. The molecular formula is C15H20N2S. The molecule has 1 heterocycles. The lowest BCUT2D eigenvalue weighted by molar-refractivity contribution is 0.533. The van der Waals surface area contributed by atoms with E-state index in [-0.39, 0.29) is 0 Å². The summed E-state index contributed by atoms with van der Waals surface area (Å²) in [5, 5.41) is 5.89. The first-order chi connectivity index (χ1) is 8.88. The second kappa shape index (κ2) is 5.37. The topological polar surface area (TPSA) is 27.8 Å². The van der Waals surface area contributed by atoms with E-state index in [0.29, 0.717) is 6.04 Å². The van der Waals surface area contributed by atoms with Gasteiger partial charge in [-0.1, -0.05) is 24.6 Å². The van der Waals surface area contributed by atoms with Crippen molar-refractivity contribution in [1.82, 2.24) is 10.3 Å². The summed E-state index contributed by atoms with van der Waals surface area (Å²) in [4.78, 5) is 3.34. The van der Waals surface area contributed by atoms with Gasteiger partial charge in [-0.2, -0.15) is 11.8 Å². The smallest absolute Gasteiger partial charge is 0.0457 e. The monoisotopic (exact) mass is 260 g/mol. The first-order valence-corrected chi connectivity index (χ1v) is 7.98. The number of benzene rings is 1. The largest absolute Gasteiger partial charge is 0.361 e. The van der Waals surface area contributed by atoms with Gasteiger partial charge in [0.25, 0.3) is 0 Å². The van der Waals surface area contributed by atoms with Gasteiger partial charge in [0, 0.05) is 34.9 Å². The van der Waals surface area contributed by atoms with E-state index in [1.54, 1.807) is 0 Å². The quantitative estimate of drug-likeness (QED) is 0.880. The number of aromatic nitrogens is 1. The summed E-state index contributed by atoms with van der Waals surface area (Å²) in [6.07, 6.45) is 8.44. The summed E-state index contributed by atoms with van der Waals surface area (Å²) in [5.74, 6) is 0. The number of rotatable bonds is 4. The number of thioether (sulfide) groups is 1. The molecule has 2 unspecified atom stereocenters. The molecule has 2 atom stereocenters. The van der Waals surface area contributed by atoms with Crippen LogP contribution in [0.3, 0.4) is 0 Å². The molecular weight excluding hydrogens is 240 g/mol. The second-order valence-electron chi connectivity index (χ2n) is 5.05. The molecule has 2 aromatic rings. The lowest BCUT2D eigenvalue weighted by Gasteiger charge is -2.18. The van der Waals surface area contributed by atoms with Crippen molar-refractivity contribution in [2.24, 2.45) is 0 Å². The number of aromatic amines is 1. The van der Waals surface area contributed by atoms with Gasteiger partial charge in [-0.05, 0) is 30.7 Å². The lowest BCUT2D eigenvalue weighted by Crippen LogP contribution is -2.33. The molecule has 0 spiro atoms.